The zero-order valence-electron chi connectivity index (χ0n) is 21.1. The first-order valence-corrected chi connectivity index (χ1v) is 12.0. The Morgan fingerprint density at radius 3 is 2.63 bits per heavy atom. The molecule has 3 N–H and O–H groups in total. The first kappa shape index (κ1) is 25.2. The summed E-state index contributed by atoms with van der Waals surface area (Å²) in [7, 11) is 1.25. The van der Waals surface area contributed by atoms with E-state index in [2.05, 4.69) is 9.97 Å². The van der Waals surface area contributed by atoms with E-state index in [0.29, 0.717) is 22.4 Å². The number of phenols is 2. The van der Waals surface area contributed by atoms with Crippen LogP contribution in [0.25, 0.3) is 10.9 Å². The molecule has 0 saturated carbocycles. The third-order valence-corrected chi connectivity index (χ3v) is 7.00. The van der Waals surface area contributed by atoms with Crippen LogP contribution in [-0.4, -0.2) is 44.1 Å². The number of aromatic hydroxyl groups is 3. The van der Waals surface area contributed by atoms with Gasteiger partial charge in [0.05, 0.1) is 36.9 Å². The molecule has 5 rings (SSSR count). The Balaban J connectivity index is 1.76. The number of carbonyl (C=O) groups is 2. The number of aryl methyl sites for hydroxylation is 1. The van der Waals surface area contributed by atoms with Gasteiger partial charge in [0.15, 0.2) is 5.78 Å². The smallest absolute Gasteiger partial charge is 0.306 e. The molecule has 1 aliphatic rings. The summed E-state index contributed by atoms with van der Waals surface area (Å²) in [6, 6.07) is 10.4. The second kappa shape index (κ2) is 9.75. The zero-order chi connectivity index (χ0) is 27.1. The number of Topliss-reactive ketones (excluding diaryl/α,β-unsaturated/α-hetero) is 1. The van der Waals surface area contributed by atoms with Crippen molar-refractivity contribution in [3.05, 3.63) is 87.9 Å². The van der Waals surface area contributed by atoms with E-state index < -0.39 is 29.5 Å². The van der Waals surface area contributed by atoms with E-state index in [-0.39, 0.29) is 41.2 Å². The van der Waals surface area contributed by atoms with Crippen LogP contribution in [0.2, 0.25) is 0 Å². The van der Waals surface area contributed by atoms with Gasteiger partial charge in [-0.15, -0.1) is 0 Å². The van der Waals surface area contributed by atoms with Gasteiger partial charge in [0.2, 0.25) is 0 Å². The number of esters is 1. The lowest BCUT2D eigenvalue weighted by Crippen LogP contribution is -2.13. The van der Waals surface area contributed by atoms with Crippen LogP contribution in [0.1, 0.15) is 69.2 Å². The summed E-state index contributed by atoms with van der Waals surface area (Å²) >= 11 is 0. The van der Waals surface area contributed by atoms with Gasteiger partial charge in [-0.05, 0) is 43.7 Å². The van der Waals surface area contributed by atoms with Crippen LogP contribution in [0.4, 0.5) is 0 Å². The van der Waals surface area contributed by atoms with Crippen molar-refractivity contribution in [2.24, 2.45) is 0 Å². The predicted molar refractivity (Wildman–Crippen MR) is 137 cm³/mol. The molecule has 2 atom stereocenters. The quantitative estimate of drug-likeness (QED) is 0.249. The maximum Gasteiger partial charge on any atom is 0.306 e. The highest BCUT2D eigenvalue weighted by atomic mass is 16.5. The number of aromatic nitrogens is 2. The van der Waals surface area contributed by atoms with Crippen molar-refractivity contribution in [1.82, 2.24) is 9.97 Å². The van der Waals surface area contributed by atoms with E-state index in [1.54, 1.807) is 37.5 Å². The van der Waals surface area contributed by atoms with Crippen LogP contribution in [0.5, 0.6) is 17.2 Å². The van der Waals surface area contributed by atoms with Gasteiger partial charge in [-0.2, -0.15) is 0 Å². The summed E-state index contributed by atoms with van der Waals surface area (Å²) in [5.74, 6) is -2.75. The normalized spacial score (nSPS) is 15.3. The molecule has 0 bridgehead atoms. The Bertz CT molecular complexity index is 1600. The van der Waals surface area contributed by atoms with E-state index in [4.69, 9.17) is 9.47 Å². The fourth-order valence-electron chi connectivity index (χ4n) is 5.01. The van der Waals surface area contributed by atoms with Gasteiger partial charge in [-0.1, -0.05) is 12.1 Å². The van der Waals surface area contributed by atoms with Crippen molar-refractivity contribution in [2.45, 2.75) is 38.9 Å². The summed E-state index contributed by atoms with van der Waals surface area (Å²) in [5.41, 5.74) is 2.91. The average Bonchev–Trinajstić information content (AvgIpc) is 3.34. The lowest BCUT2D eigenvalue weighted by Gasteiger charge is -2.24. The van der Waals surface area contributed by atoms with Gasteiger partial charge in [-0.3, -0.25) is 19.6 Å². The molecule has 194 valence electrons. The van der Waals surface area contributed by atoms with E-state index in [0.717, 1.165) is 10.9 Å². The van der Waals surface area contributed by atoms with E-state index in [1.165, 1.54) is 20.1 Å². The molecule has 38 heavy (non-hydrogen) atoms. The minimum absolute atomic E-state index is 0.0105. The number of methoxy groups -OCH3 is 1. The summed E-state index contributed by atoms with van der Waals surface area (Å²) < 4.78 is 10.9. The Morgan fingerprint density at radius 1 is 1.11 bits per heavy atom. The maximum atomic E-state index is 12.6. The zero-order valence-corrected chi connectivity index (χ0v) is 21.1. The van der Waals surface area contributed by atoms with Crippen LogP contribution in [-0.2, 0) is 20.9 Å². The fourth-order valence-corrected chi connectivity index (χ4v) is 5.01. The van der Waals surface area contributed by atoms with E-state index >= 15 is 0 Å². The highest BCUT2D eigenvalue weighted by Gasteiger charge is 2.36. The second-order valence-corrected chi connectivity index (χ2v) is 9.29. The number of ketones is 1. The predicted octanol–water partition coefficient (Wildman–Crippen LogP) is 4.57. The molecular formula is C29H26N2O7. The molecule has 2 aromatic heterocycles. The molecule has 2 aromatic carbocycles. The number of fused-ring (bicyclic) bond motifs is 2. The Hall–Kier alpha value is -4.50. The Morgan fingerprint density at radius 2 is 1.89 bits per heavy atom. The van der Waals surface area contributed by atoms with Gasteiger partial charge in [0, 0.05) is 46.0 Å². The monoisotopic (exact) mass is 514 g/mol. The van der Waals surface area contributed by atoms with Gasteiger partial charge >= 0.3 is 5.97 Å². The summed E-state index contributed by atoms with van der Waals surface area (Å²) in [5, 5.41) is 34.5. The van der Waals surface area contributed by atoms with Gasteiger partial charge < -0.3 is 24.8 Å². The standard InChI is InChI=1S/C29H26N2O7/c1-14-26(34)24-18(12-31-14)13-38-29(24)21-10-19(15(2)32)27(35)25(28(21)36)20(11-23(33)37-3)16-6-7-22-17(9-16)5-4-8-30-22/h4-10,12,20,29,34-36H,11,13H2,1-3H3/t20-,29-/m0/s1. The summed E-state index contributed by atoms with van der Waals surface area (Å²) in [6.07, 6.45) is 2.11. The SMILES string of the molecule is COC(=O)C[C@@H](c1ccc2ncccc2c1)c1c(O)c(C(C)=O)cc([C@@H]2OCc3cnc(C)c(O)c32)c1O. The minimum Gasteiger partial charge on any atom is -0.507 e. The van der Waals surface area contributed by atoms with Crippen molar-refractivity contribution >= 4 is 22.7 Å². The van der Waals surface area contributed by atoms with Gasteiger partial charge in [0.25, 0.3) is 0 Å². The number of hydrogen-bond donors (Lipinski definition) is 3. The van der Waals surface area contributed by atoms with Crippen LogP contribution < -0.4 is 0 Å². The third kappa shape index (κ3) is 4.20. The Labute approximate surface area is 218 Å². The number of pyridine rings is 2. The molecule has 0 unspecified atom stereocenters. The molecule has 4 aromatic rings. The van der Waals surface area contributed by atoms with Crippen LogP contribution in [0.15, 0.2) is 48.8 Å². The van der Waals surface area contributed by atoms with Crippen molar-refractivity contribution in [3.8, 4) is 17.2 Å². The van der Waals surface area contributed by atoms with Crippen molar-refractivity contribution in [1.29, 1.82) is 0 Å². The lowest BCUT2D eigenvalue weighted by atomic mass is 9.82. The molecule has 9 heteroatoms. The molecular weight excluding hydrogens is 488 g/mol. The molecule has 3 heterocycles. The van der Waals surface area contributed by atoms with Crippen molar-refractivity contribution in [2.75, 3.05) is 7.11 Å². The van der Waals surface area contributed by atoms with Crippen LogP contribution >= 0.6 is 0 Å². The van der Waals surface area contributed by atoms with E-state index in [9.17, 15) is 24.9 Å². The molecule has 1 aliphatic heterocycles. The number of hydrogen-bond acceptors (Lipinski definition) is 9. The van der Waals surface area contributed by atoms with Gasteiger partial charge in [0.1, 0.15) is 23.4 Å². The minimum atomic E-state index is -0.927. The highest BCUT2D eigenvalue weighted by molar-refractivity contribution is 5.98. The van der Waals surface area contributed by atoms with E-state index in [1.807, 2.05) is 12.1 Å². The number of benzene rings is 2. The van der Waals surface area contributed by atoms with Crippen molar-refractivity contribution < 1.29 is 34.4 Å². The van der Waals surface area contributed by atoms with Gasteiger partial charge in [-0.25, -0.2) is 0 Å². The third-order valence-electron chi connectivity index (χ3n) is 7.00. The highest BCUT2D eigenvalue weighted by Crippen LogP contribution is 2.50. The number of ether oxygens (including phenoxy) is 2. The molecule has 0 amide bonds. The fraction of sp³-hybridized carbons (Fsp3) is 0.241. The number of phenolic OH excluding ortho intramolecular Hbond substituents is 2. The summed E-state index contributed by atoms with van der Waals surface area (Å²) in [4.78, 5) is 33.7. The first-order valence-electron chi connectivity index (χ1n) is 12.0. The first-order chi connectivity index (χ1) is 18.2. The Kier molecular flexibility index (Phi) is 6.46. The van der Waals surface area contributed by atoms with Crippen LogP contribution in [0, 0.1) is 6.92 Å². The molecule has 0 aliphatic carbocycles. The molecule has 0 spiro atoms. The molecule has 9 nitrogen and oxygen atoms in total. The van der Waals surface area contributed by atoms with Crippen molar-refractivity contribution in [3.63, 3.8) is 0 Å². The largest absolute Gasteiger partial charge is 0.507 e. The number of rotatable bonds is 6. The average molecular weight is 515 g/mol. The molecule has 0 fully saturated rings. The lowest BCUT2D eigenvalue weighted by molar-refractivity contribution is -0.140. The van der Waals surface area contributed by atoms with Crippen LogP contribution in [0.3, 0.4) is 0 Å². The topological polar surface area (TPSA) is 139 Å². The maximum absolute atomic E-state index is 12.6. The summed E-state index contributed by atoms with van der Waals surface area (Å²) in [6.45, 7) is 3.08. The molecule has 0 radical (unpaired) electrons. The molecule has 0 saturated heterocycles. The second-order valence-electron chi connectivity index (χ2n) is 9.29. The number of nitrogens with zero attached hydrogens (tertiary/aromatic N) is 2. The number of carbonyl (C=O) groups excluding carboxylic acids is 2.